The minimum Gasteiger partial charge on any atom is -0.357 e. The summed E-state index contributed by atoms with van der Waals surface area (Å²) >= 11 is 1.89. The lowest BCUT2D eigenvalue weighted by atomic mass is 10.1. The SMILES string of the molecule is CCNC(=NCC(C)CN1CCN(C)CC1)NC(C)Cc1ccc(C)s1. The smallest absolute Gasteiger partial charge is 0.191 e. The van der Waals surface area contributed by atoms with Crippen LogP contribution in [0.4, 0.5) is 0 Å². The minimum absolute atomic E-state index is 0.374. The van der Waals surface area contributed by atoms with Crippen molar-refractivity contribution in [3.63, 3.8) is 0 Å². The van der Waals surface area contributed by atoms with Gasteiger partial charge in [0.1, 0.15) is 0 Å². The monoisotopic (exact) mass is 379 g/mol. The maximum atomic E-state index is 4.84. The van der Waals surface area contributed by atoms with E-state index in [1.807, 2.05) is 11.3 Å². The van der Waals surface area contributed by atoms with Crippen molar-refractivity contribution in [2.45, 2.75) is 40.2 Å². The third kappa shape index (κ3) is 7.64. The van der Waals surface area contributed by atoms with Crippen molar-refractivity contribution < 1.29 is 0 Å². The number of likely N-dealkylation sites (N-methyl/N-ethyl adjacent to an activating group) is 1. The molecule has 6 heteroatoms. The Kier molecular flexibility index (Phi) is 8.88. The van der Waals surface area contributed by atoms with Gasteiger partial charge in [-0.25, -0.2) is 0 Å². The van der Waals surface area contributed by atoms with Gasteiger partial charge in [-0.05, 0) is 45.9 Å². The van der Waals surface area contributed by atoms with Gasteiger partial charge in [-0.3, -0.25) is 4.99 Å². The Labute approximate surface area is 163 Å². The number of piperazine rings is 1. The van der Waals surface area contributed by atoms with Crippen LogP contribution in [0.25, 0.3) is 0 Å². The lowest BCUT2D eigenvalue weighted by molar-refractivity contribution is 0.140. The van der Waals surface area contributed by atoms with Crippen molar-refractivity contribution in [1.82, 2.24) is 20.4 Å². The molecule has 1 aliphatic heterocycles. The highest BCUT2D eigenvalue weighted by Gasteiger charge is 2.16. The molecule has 0 aromatic carbocycles. The summed E-state index contributed by atoms with van der Waals surface area (Å²) in [6, 6.07) is 4.81. The van der Waals surface area contributed by atoms with Crippen molar-refractivity contribution in [2.75, 3.05) is 52.9 Å². The van der Waals surface area contributed by atoms with Crippen LogP contribution in [0, 0.1) is 12.8 Å². The van der Waals surface area contributed by atoms with Crippen molar-refractivity contribution in [2.24, 2.45) is 10.9 Å². The van der Waals surface area contributed by atoms with E-state index >= 15 is 0 Å². The van der Waals surface area contributed by atoms with E-state index in [2.05, 4.69) is 67.3 Å². The summed E-state index contributed by atoms with van der Waals surface area (Å²) in [4.78, 5) is 12.6. The molecule has 0 radical (unpaired) electrons. The van der Waals surface area contributed by atoms with E-state index < -0.39 is 0 Å². The Hall–Kier alpha value is -1.11. The van der Waals surface area contributed by atoms with Crippen LogP contribution >= 0.6 is 11.3 Å². The van der Waals surface area contributed by atoms with Gasteiger partial charge in [-0.1, -0.05) is 6.92 Å². The predicted octanol–water partition coefficient (Wildman–Crippen LogP) is 2.43. The molecule has 2 unspecified atom stereocenters. The Bertz CT molecular complexity index is 548. The van der Waals surface area contributed by atoms with E-state index in [-0.39, 0.29) is 0 Å². The zero-order valence-electron chi connectivity index (χ0n) is 17.2. The highest BCUT2D eigenvalue weighted by Crippen LogP contribution is 2.16. The number of hydrogen-bond donors (Lipinski definition) is 2. The van der Waals surface area contributed by atoms with Crippen LogP contribution in [0.3, 0.4) is 0 Å². The zero-order valence-corrected chi connectivity index (χ0v) is 18.0. The van der Waals surface area contributed by atoms with Crippen molar-refractivity contribution in [1.29, 1.82) is 0 Å². The average molecular weight is 380 g/mol. The number of guanidine groups is 1. The molecule has 0 spiro atoms. The second-order valence-corrected chi connectivity index (χ2v) is 9.06. The van der Waals surface area contributed by atoms with E-state index in [9.17, 15) is 0 Å². The van der Waals surface area contributed by atoms with Gasteiger partial charge in [0.05, 0.1) is 0 Å². The van der Waals surface area contributed by atoms with Gasteiger partial charge in [0.2, 0.25) is 0 Å². The lowest BCUT2D eigenvalue weighted by Crippen LogP contribution is -2.46. The predicted molar refractivity (Wildman–Crippen MR) is 114 cm³/mol. The van der Waals surface area contributed by atoms with Crippen LogP contribution in [-0.2, 0) is 6.42 Å². The molecular weight excluding hydrogens is 342 g/mol. The Morgan fingerprint density at radius 3 is 2.58 bits per heavy atom. The molecule has 1 fully saturated rings. The van der Waals surface area contributed by atoms with Crippen molar-refractivity contribution in [3.05, 3.63) is 21.9 Å². The molecule has 0 aliphatic carbocycles. The summed E-state index contributed by atoms with van der Waals surface area (Å²) in [5.41, 5.74) is 0. The van der Waals surface area contributed by atoms with E-state index in [0.29, 0.717) is 12.0 Å². The van der Waals surface area contributed by atoms with Crippen LogP contribution in [0.15, 0.2) is 17.1 Å². The fourth-order valence-electron chi connectivity index (χ4n) is 3.28. The lowest BCUT2D eigenvalue weighted by Gasteiger charge is -2.33. The molecule has 2 rings (SSSR count). The van der Waals surface area contributed by atoms with Gasteiger partial charge < -0.3 is 20.4 Å². The Morgan fingerprint density at radius 2 is 1.96 bits per heavy atom. The molecule has 2 N–H and O–H groups in total. The second-order valence-electron chi connectivity index (χ2n) is 7.69. The summed E-state index contributed by atoms with van der Waals surface area (Å²) in [5, 5.41) is 6.96. The Balaban J connectivity index is 1.79. The highest BCUT2D eigenvalue weighted by atomic mass is 32.1. The number of rotatable bonds is 8. The van der Waals surface area contributed by atoms with Crippen molar-refractivity contribution in [3.8, 4) is 0 Å². The maximum Gasteiger partial charge on any atom is 0.191 e. The molecule has 1 saturated heterocycles. The molecule has 1 aromatic rings. The van der Waals surface area contributed by atoms with Gasteiger partial charge in [0.15, 0.2) is 5.96 Å². The van der Waals surface area contributed by atoms with E-state index in [1.165, 1.54) is 35.9 Å². The topological polar surface area (TPSA) is 42.9 Å². The standard InChI is InChI=1S/C20H37N5S/c1-6-21-20(23-17(3)13-19-8-7-18(4)26-19)22-14-16(2)15-25-11-9-24(5)10-12-25/h7-8,16-17H,6,9-15H2,1-5H3,(H2,21,22,23). The third-order valence-corrected chi connectivity index (χ3v) is 5.78. The van der Waals surface area contributed by atoms with Gasteiger partial charge in [0.25, 0.3) is 0 Å². The van der Waals surface area contributed by atoms with Gasteiger partial charge >= 0.3 is 0 Å². The Morgan fingerprint density at radius 1 is 1.23 bits per heavy atom. The number of nitrogens with one attached hydrogen (secondary N) is 2. The summed E-state index contributed by atoms with van der Waals surface area (Å²) in [6.45, 7) is 16.5. The molecule has 26 heavy (non-hydrogen) atoms. The molecule has 148 valence electrons. The molecule has 1 aromatic heterocycles. The molecule has 0 amide bonds. The summed E-state index contributed by atoms with van der Waals surface area (Å²) in [5.74, 6) is 1.52. The van der Waals surface area contributed by atoms with Crippen LogP contribution in [0.5, 0.6) is 0 Å². The zero-order chi connectivity index (χ0) is 18.9. The summed E-state index contributed by atoms with van der Waals surface area (Å²) < 4.78 is 0. The summed E-state index contributed by atoms with van der Waals surface area (Å²) in [6.07, 6.45) is 1.04. The van der Waals surface area contributed by atoms with Crippen LogP contribution in [-0.4, -0.2) is 74.7 Å². The number of aliphatic imine (C=N–C) groups is 1. The fourth-order valence-corrected chi connectivity index (χ4v) is 4.30. The van der Waals surface area contributed by atoms with E-state index in [1.54, 1.807) is 0 Å². The quantitative estimate of drug-likeness (QED) is 0.538. The van der Waals surface area contributed by atoms with Gasteiger partial charge in [0, 0.05) is 68.0 Å². The average Bonchev–Trinajstić information content (AvgIpc) is 2.99. The number of thiophene rings is 1. The van der Waals surface area contributed by atoms with E-state index in [0.717, 1.165) is 32.0 Å². The second kappa shape index (κ2) is 10.9. The number of hydrogen-bond acceptors (Lipinski definition) is 4. The van der Waals surface area contributed by atoms with Crippen LogP contribution in [0.1, 0.15) is 30.5 Å². The molecule has 0 saturated carbocycles. The minimum atomic E-state index is 0.374. The van der Waals surface area contributed by atoms with E-state index in [4.69, 9.17) is 4.99 Å². The van der Waals surface area contributed by atoms with Crippen LogP contribution < -0.4 is 10.6 Å². The molecule has 2 heterocycles. The first-order valence-electron chi connectivity index (χ1n) is 9.97. The number of aryl methyl sites for hydroxylation is 1. The van der Waals surface area contributed by atoms with Crippen LogP contribution in [0.2, 0.25) is 0 Å². The highest BCUT2D eigenvalue weighted by molar-refractivity contribution is 7.11. The molecule has 1 aliphatic rings. The fraction of sp³-hybridized carbons (Fsp3) is 0.750. The summed E-state index contributed by atoms with van der Waals surface area (Å²) in [7, 11) is 2.21. The molecule has 2 atom stereocenters. The van der Waals surface area contributed by atoms with Gasteiger partial charge in [-0.2, -0.15) is 0 Å². The first-order chi connectivity index (χ1) is 12.5. The molecular formula is C20H37N5S. The molecule has 5 nitrogen and oxygen atoms in total. The largest absolute Gasteiger partial charge is 0.357 e. The normalized spacial score (nSPS) is 19.3. The van der Waals surface area contributed by atoms with Gasteiger partial charge in [-0.15, -0.1) is 11.3 Å². The first kappa shape index (κ1) is 21.2. The third-order valence-electron chi connectivity index (χ3n) is 4.76. The first-order valence-corrected chi connectivity index (χ1v) is 10.8. The number of nitrogens with zero attached hydrogens (tertiary/aromatic N) is 3. The molecule has 0 bridgehead atoms. The van der Waals surface area contributed by atoms with Crippen molar-refractivity contribution >= 4 is 17.3 Å². The maximum absolute atomic E-state index is 4.84.